The molecule has 2 aromatic carbocycles. The Morgan fingerprint density at radius 1 is 0.737 bits per heavy atom. The van der Waals surface area contributed by atoms with E-state index in [1.54, 1.807) is 14.2 Å². The summed E-state index contributed by atoms with van der Waals surface area (Å²) in [7, 11) is 7.24. The van der Waals surface area contributed by atoms with Gasteiger partial charge in [-0.3, -0.25) is 0 Å². The van der Waals surface area contributed by atoms with Crippen LogP contribution in [0.4, 0.5) is 5.95 Å². The maximum Gasteiger partial charge on any atom is 0.206 e. The minimum absolute atomic E-state index is 0. The van der Waals surface area contributed by atoms with E-state index in [-0.39, 0.29) is 7.43 Å². The molecule has 2 aliphatic heterocycles. The predicted molar refractivity (Wildman–Crippen MR) is 158 cm³/mol. The van der Waals surface area contributed by atoms with E-state index >= 15 is 0 Å². The van der Waals surface area contributed by atoms with Crippen molar-refractivity contribution >= 4 is 39.6 Å². The van der Waals surface area contributed by atoms with Gasteiger partial charge < -0.3 is 34.1 Å². The Balaban J connectivity index is 0.000000175. The van der Waals surface area contributed by atoms with Crippen molar-refractivity contribution in [2.45, 2.75) is 26.7 Å². The number of aromatic nitrogens is 4. The van der Waals surface area contributed by atoms with Crippen molar-refractivity contribution in [3.8, 4) is 11.5 Å². The third kappa shape index (κ3) is 6.70. The van der Waals surface area contributed by atoms with Gasteiger partial charge in [-0.2, -0.15) is 0 Å². The molecule has 0 saturated carbocycles. The van der Waals surface area contributed by atoms with Gasteiger partial charge >= 0.3 is 0 Å². The molecule has 2 aromatic heterocycles. The molecule has 0 bridgehead atoms. The number of ether oxygens (including phenoxy) is 2. The standard InChI is InChI=1S/C13H18N4O.C9H9ClN2O.C5H11N.CH4/c1-16-10-4-3-5-11(18-2)12(10)15-13(16)17-8-6-14-7-9-17;1-12-6-4-3-5-7(13-2)8(6)11-9(12)10;1-2-4-6-5-3-1;/h3-5,14H,6-9H2,1-2H3;3-5H,1-2H3;6H,1-5H2;1H4. The number of halogens is 1. The van der Waals surface area contributed by atoms with Crippen LogP contribution in [0.2, 0.25) is 5.28 Å². The zero-order chi connectivity index (χ0) is 26.2. The lowest BCUT2D eigenvalue weighted by Gasteiger charge is -2.28. The molecule has 0 atom stereocenters. The molecule has 4 heterocycles. The highest BCUT2D eigenvalue weighted by Gasteiger charge is 2.18. The molecule has 38 heavy (non-hydrogen) atoms. The summed E-state index contributed by atoms with van der Waals surface area (Å²) in [5, 5.41) is 7.11. The number of piperazine rings is 1. The number of imidazole rings is 2. The number of rotatable bonds is 3. The third-order valence-corrected chi connectivity index (χ3v) is 7.06. The number of para-hydroxylation sites is 2. The summed E-state index contributed by atoms with van der Waals surface area (Å²) in [5.74, 6) is 2.61. The van der Waals surface area contributed by atoms with Crippen molar-refractivity contribution in [2.24, 2.45) is 14.1 Å². The normalized spacial score (nSPS) is 15.1. The lowest BCUT2D eigenvalue weighted by atomic mass is 10.2. The van der Waals surface area contributed by atoms with Crippen LogP contribution in [0.15, 0.2) is 36.4 Å². The van der Waals surface area contributed by atoms with Gasteiger partial charge in [0.05, 0.1) is 25.3 Å². The Morgan fingerprint density at radius 3 is 1.76 bits per heavy atom. The van der Waals surface area contributed by atoms with Crippen LogP contribution in [-0.4, -0.2) is 72.6 Å². The summed E-state index contributed by atoms with van der Waals surface area (Å²) in [6, 6.07) is 11.8. The molecule has 4 aromatic rings. The molecule has 0 aliphatic carbocycles. The number of benzene rings is 2. The van der Waals surface area contributed by atoms with Crippen LogP contribution >= 0.6 is 11.6 Å². The predicted octanol–water partition coefficient (Wildman–Crippen LogP) is 4.62. The second-order valence-corrected chi connectivity index (χ2v) is 9.45. The molecule has 0 spiro atoms. The molecule has 0 unspecified atom stereocenters. The number of anilines is 1. The Bertz CT molecular complexity index is 1280. The Labute approximate surface area is 231 Å². The lowest BCUT2D eigenvalue weighted by Crippen LogP contribution is -2.44. The highest BCUT2D eigenvalue weighted by molar-refractivity contribution is 6.29. The highest BCUT2D eigenvalue weighted by Crippen LogP contribution is 2.29. The molecule has 2 N–H and O–H groups in total. The van der Waals surface area contributed by atoms with Gasteiger partial charge in [-0.05, 0) is 61.8 Å². The Kier molecular flexibility index (Phi) is 11.1. The second kappa shape index (κ2) is 14.2. The van der Waals surface area contributed by atoms with Crippen LogP contribution < -0.4 is 25.0 Å². The zero-order valence-electron chi connectivity index (χ0n) is 22.3. The Morgan fingerprint density at radius 2 is 1.26 bits per heavy atom. The van der Waals surface area contributed by atoms with E-state index in [0.29, 0.717) is 5.28 Å². The quantitative estimate of drug-likeness (QED) is 0.390. The summed E-state index contributed by atoms with van der Waals surface area (Å²) in [4.78, 5) is 11.2. The van der Waals surface area contributed by atoms with Gasteiger partial charge in [-0.15, -0.1) is 0 Å². The Hall–Kier alpha value is -3.01. The molecule has 0 amide bonds. The molecular formula is C28H42ClN7O2. The minimum Gasteiger partial charge on any atom is -0.494 e. The first-order valence-corrected chi connectivity index (χ1v) is 13.2. The highest BCUT2D eigenvalue weighted by atomic mass is 35.5. The van der Waals surface area contributed by atoms with E-state index in [1.165, 1.54) is 32.4 Å². The molecule has 2 fully saturated rings. The summed E-state index contributed by atoms with van der Waals surface area (Å²) in [6.45, 7) is 6.53. The molecule has 2 saturated heterocycles. The first-order chi connectivity index (χ1) is 18.0. The number of hydrogen-bond acceptors (Lipinski definition) is 7. The average molecular weight is 544 g/mol. The first-order valence-electron chi connectivity index (χ1n) is 12.9. The van der Waals surface area contributed by atoms with E-state index in [2.05, 4.69) is 38.2 Å². The van der Waals surface area contributed by atoms with E-state index in [9.17, 15) is 0 Å². The van der Waals surface area contributed by atoms with Crippen LogP contribution in [0.1, 0.15) is 26.7 Å². The fraction of sp³-hybridized carbons (Fsp3) is 0.500. The van der Waals surface area contributed by atoms with E-state index < -0.39 is 0 Å². The molecule has 9 nitrogen and oxygen atoms in total. The van der Waals surface area contributed by atoms with Crippen LogP contribution in [0.3, 0.4) is 0 Å². The largest absolute Gasteiger partial charge is 0.494 e. The number of piperidine rings is 1. The summed E-state index contributed by atoms with van der Waals surface area (Å²) in [6.07, 6.45) is 4.22. The van der Waals surface area contributed by atoms with Gasteiger partial charge in [0.2, 0.25) is 11.2 Å². The summed E-state index contributed by atoms with van der Waals surface area (Å²) in [5.41, 5.74) is 3.83. The number of hydrogen-bond donors (Lipinski definition) is 2. The second-order valence-electron chi connectivity index (χ2n) is 9.11. The van der Waals surface area contributed by atoms with Crippen LogP contribution in [0.25, 0.3) is 22.1 Å². The van der Waals surface area contributed by atoms with Crippen molar-refractivity contribution in [1.29, 1.82) is 0 Å². The molecule has 2 aliphatic rings. The van der Waals surface area contributed by atoms with Gasteiger partial charge in [-0.1, -0.05) is 26.0 Å². The fourth-order valence-corrected chi connectivity index (χ4v) is 4.79. The van der Waals surface area contributed by atoms with E-state index in [4.69, 9.17) is 26.1 Å². The van der Waals surface area contributed by atoms with Crippen molar-refractivity contribution < 1.29 is 9.47 Å². The maximum atomic E-state index is 5.88. The summed E-state index contributed by atoms with van der Waals surface area (Å²) < 4.78 is 14.5. The van der Waals surface area contributed by atoms with Crippen molar-refractivity contribution in [2.75, 3.05) is 58.4 Å². The van der Waals surface area contributed by atoms with Gasteiger partial charge in [0.25, 0.3) is 0 Å². The molecule has 10 heteroatoms. The number of fused-ring (bicyclic) bond motifs is 2. The monoisotopic (exact) mass is 543 g/mol. The summed E-state index contributed by atoms with van der Waals surface area (Å²) >= 11 is 5.88. The molecule has 6 rings (SSSR count). The SMILES string of the molecule is C.C1CCNCC1.COc1cccc2c1nc(Cl)n2C.COc1cccc2c1nc(N1CCNCC1)n2C. The van der Waals surface area contributed by atoms with Crippen LogP contribution in [0, 0.1) is 0 Å². The van der Waals surface area contributed by atoms with Crippen molar-refractivity contribution in [3.05, 3.63) is 41.7 Å². The number of aryl methyl sites for hydroxylation is 2. The first kappa shape index (κ1) is 29.5. The fourth-order valence-electron chi connectivity index (χ4n) is 4.62. The van der Waals surface area contributed by atoms with Gasteiger partial charge in [-0.25, -0.2) is 9.97 Å². The zero-order valence-corrected chi connectivity index (χ0v) is 23.0. The lowest BCUT2D eigenvalue weighted by molar-refractivity contribution is 0.419. The minimum atomic E-state index is 0. The van der Waals surface area contributed by atoms with E-state index in [0.717, 1.165) is 65.7 Å². The number of methoxy groups -OCH3 is 2. The van der Waals surface area contributed by atoms with Crippen molar-refractivity contribution in [3.63, 3.8) is 0 Å². The maximum absolute atomic E-state index is 5.88. The molecular weight excluding hydrogens is 502 g/mol. The molecule has 0 radical (unpaired) electrons. The van der Waals surface area contributed by atoms with Gasteiger partial charge in [0.1, 0.15) is 22.5 Å². The third-order valence-electron chi connectivity index (χ3n) is 6.72. The van der Waals surface area contributed by atoms with Crippen molar-refractivity contribution in [1.82, 2.24) is 29.7 Å². The van der Waals surface area contributed by atoms with Gasteiger partial charge in [0.15, 0.2) is 0 Å². The van der Waals surface area contributed by atoms with Crippen LogP contribution in [-0.2, 0) is 14.1 Å². The van der Waals surface area contributed by atoms with Gasteiger partial charge in [0, 0.05) is 40.3 Å². The topological polar surface area (TPSA) is 81.4 Å². The van der Waals surface area contributed by atoms with E-state index in [1.807, 2.05) is 41.9 Å². The number of nitrogens with zero attached hydrogens (tertiary/aromatic N) is 5. The average Bonchev–Trinajstić information content (AvgIpc) is 3.46. The van der Waals surface area contributed by atoms with Crippen LogP contribution in [0.5, 0.6) is 11.5 Å². The smallest absolute Gasteiger partial charge is 0.206 e. The number of nitrogens with one attached hydrogen (secondary N) is 2. The molecule has 208 valence electrons.